The molecule has 0 amide bonds. The quantitative estimate of drug-likeness (QED) is 0.377. The zero-order chi connectivity index (χ0) is 7.28. The van der Waals surface area contributed by atoms with E-state index in [0.717, 1.165) is 0 Å². The molecule has 0 aromatic carbocycles. The largest absolute Gasteiger partial charge is 0.349 e. The summed E-state index contributed by atoms with van der Waals surface area (Å²) in [5.74, 6) is -5.94. The molecule has 5 heteroatoms. The number of halogens is 5. The third-order valence-electron chi connectivity index (χ3n) is 1.03. The van der Waals surface area contributed by atoms with Crippen LogP contribution in [0.25, 0.3) is 0 Å². The Bertz CT molecular complexity index is 171. The first-order valence-corrected chi connectivity index (χ1v) is 2.40. The molecule has 1 unspecified atom stereocenters. The molecular formula is C4HClF4. The van der Waals surface area contributed by atoms with Gasteiger partial charge in [-0.2, -0.15) is 8.78 Å². The van der Waals surface area contributed by atoms with Crippen LogP contribution in [0.2, 0.25) is 0 Å². The summed E-state index contributed by atoms with van der Waals surface area (Å²) >= 11 is 4.46. The molecule has 0 aromatic heterocycles. The van der Waals surface area contributed by atoms with Crippen molar-refractivity contribution in [3.05, 3.63) is 11.9 Å². The predicted octanol–water partition coefficient (Wildman–Crippen LogP) is 2.39. The van der Waals surface area contributed by atoms with Gasteiger partial charge in [-0.3, -0.25) is 0 Å². The molecule has 0 saturated heterocycles. The molecule has 0 radical (unpaired) electrons. The van der Waals surface area contributed by atoms with Crippen molar-refractivity contribution in [1.29, 1.82) is 0 Å². The Hall–Kier alpha value is -0.250. The summed E-state index contributed by atoms with van der Waals surface area (Å²) < 4.78 is 47.0. The second-order valence-electron chi connectivity index (χ2n) is 1.69. The Morgan fingerprint density at radius 3 is 1.78 bits per heavy atom. The van der Waals surface area contributed by atoms with Crippen LogP contribution in [0.3, 0.4) is 0 Å². The van der Waals surface area contributed by atoms with E-state index in [-0.39, 0.29) is 6.08 Å². The second-order valence-corrected chi connectivity index (χ2v) is 2.24. The molecule has 0 aromatic rings. The summed E-state index contributed by atoms with van der Waals surface area (Å²) in [4.78, 5) is 0. The minimum Gasteiger partial charge on any atom is -0.214 e. The van der Waals surface area contributed by atoms with Gasteiger partial charge in [-0.1, -0.05) is 11.6 Å². The SMILES string of the molecule is FC1=CC(F)(Cl)C1(F)F. The second kappa shape index (κ2) is 1.42. The van der Waals surface area contributed by atoms with Crippen LogP contribution in [-0.4, -0.2) is 11.1 Å². The van der Waals surface area contributed by atoms with Crippen LogP contribution in [0.1, 0.15) is 0 Å². The number of hydrogen-bond donors (Lipinski definition) is 0. The summed E-state index contributed by atoms with van der Waals surface area (Å²) in [7, 11) is 0. The highest BCUT2D eigenvalue weighted by Crippen LogP contribution is 2.51. The lowest BCUT2D eigenvalue weighted by atomic mass is 10.0. The lowest BCUT2D eigenvalue weighted by molar-refractivity contribution is -0.0849. The molecule has 1 aliphatic rings. The molecule has 0 spiro atoms. The molecule has 0 bridgehead atoms. The average Bonchev–Trinajstić information content (AvgIpc) is 1.65. The van der Waals surface area contributed by atoms with E-state index < -0.39 is 16.9 Å². The van der Waals surface area contributed by atoms with Crippen LogP contribution in [0, 0.1) is 0 Å². The van der Waals surface area contributed by atoms with Gasteiger partial charge in [0.1, 0.15) is 0 Å². The molecule has 0 nitrogen and oxygen atoms in total. The number of allylic oxidation sites excluding steroid dienone is 2. The highest BCUT2D eigenvalue weighted by Gasteiger charge is 2.64. The fraction of sp³-hybridized carbons (Fsp3) is 0.500. The van der Waals surface area contributed by atoms with E-state index in [4.69, 9.17) is 0 Å². The van der Waals surface area contributed by atoms with Gasteiger partial charge in [-0.05, 0) is 0 Å². The van der Waals surface area contributed by atoms with Crippen LogP contribution < -0.4 is 0 Å². The van der Waals surface area contributed by atoms with E-state index in [2.05, 4.69) is 11.6 Å². The number of rotatable bonds is 0. The normalized spacial score (nSPS) is 39.4. The minimum atomic E-state index is -4.13. The lowest BCUT2D eigenvalue weighted by Crippen LogP contribution is -2.46. The molecule has 1 atom stereocenters. The summed E-state index contributed by atoms with van der Waals surface area (Å²) in [6.07, 6.45) is 0.0363. The van der Waals surface area contributed by atoms with Gasteiger partial charge < -0.3 is 0 Å². The van der Waals surface area contributed by atoms with Gasteiger partial charge in [0.05, 0.1) is 0 Å². The molecule has 0 saturated carbocycles. The highest BCUT2D eigenvalue weighted by molar-refractivity contribution is 6.26. The van der Waals surface area contributed by atoms with Crippen molar-refractivity contribution in [2.45, 2.75) is 11.1 Å². The van der Waals surface area contributed by atoms with Crippen molar-refractivity contribution in [1.82, 2.24) is 0 Å². The Labute approximate surface area is 53.1 Å². The minimum absolute atomic E-state index is 0.0363. The summed E-state index contributed by atoms with van der Waals surface area (Å²) in [5, 5.41) is -3.31. The lowest BCUT2D eigenvalue weighted by Gasteiger charge is -2.31. The van der Waals surface area contributed by atoms with Gasteiger partial charge in [0.25, 0.3) is 5.13 Å². The van der Waals surface area contributed by atoms with E-state index >= 15 is 0 Å². The van der Waals surface area contributed by atoms with E-state index in [9.17, 15) is 17.6 Å². The molecule has 0 aliphatic heterocycles. The van der Waals surface area contributed by atoms with Crippen LogP contribution in [0.4, 0.5) is 17.6 Å². The average molecular weight is 160 g/mol. The summed E-state index contributed by atoms with van der Waals surface area (Å²) in [5.41, 5.74) is 0. The van der Waals surface area contributed by atoms with Crippen LogP contribution in [0.15, 0.2) is 11.9 Å². The Morgan fingerprint density at radius 1 is 1.33 bits per heavy atom. The van der Waals surface area contributed by atoms with Gasteiger partial charge in [0.15, 0.2) is 5.83 Å². The van der Waals surface area contributed by atoms with Gasteiger partial charge in [-0.25, -0.2) is 8.78 Å². The van der Waals surface area contributed by atoms with Gasteiger partial charge in [0.2, 0.25) is 0 Å². The number of hydrogen-bond acceptors (Lipinski definition) is 0. The molecule has 0 N–H and O–H groups in total. The molecule has 52 valence electrons. The molecule has 9 heavy (non-hydrogen) atoms. The van der Waals surface area contributed by atoms with Gasteiger partial charge >= 0.3 is 5.92 Å². The Kier molecular flexibility index (Phi) is 1.09. The van der Waals surface area contributed by atoms with E-state index in [1.54, 1.807) is 0 Å². The molecular weight excluding hydrogens is 159 g/mol. The van der Waals surface area contributed by atoms with Crippen LogP contribution in [-0.2, 0) is 0 Å². The first kappa shape index (κ1) is 6.86. The van der Waals surface area contributed by atoms with Crippen molar-refractivity contribution in [3.8, 4) is 0 Å². The Balaban J connectivity index is 2.94. The maximum atomic E-state index is 11.9. The van der Waals surface area contributed by atoms with Crippen molar-refractivity contribution in [2.24, 2.45) is 0 Å². The maximum Gasteiger partial charge on any atom is 0.349 e. The van der Waals surface area contributed by atoms with Crippen molar-refractivity contribution < 1.29 is 17.6 Å². The third-order valence-corrected chi connectivity index (χ3v) is 1.37. The van der Waals surface area contributed by atoms with E-state index in [1.165, 1.54) is 0 Å². The number of alkyl halides is 4. The fourth-order valence-electron chi connectivity index (χ4n) is 0.422. The monoisotopic (exact) mass is 160 g/mol. The predicted molar refractivity (Wildman–Crippen MR) is 23.8 cm³/mol. The first-order valence-electron chi connectivity index (χ1n) is 2.02. The molecule has 1 rings (SSSR count). The smallest absolute Gasteiger partial charge is 0.214 e. The summed E-state index contributed by atoms with van der Waals surface area (Å²) in [6.45, 7) is 0. The van der Waals surface area contributed by atoms with Crippen LogP contribution >= 0.6 is 11.6 Å². The topological polar surface area (TPSA) is 0 Å². The van der Waals surface area contributed by atoms with Gasteiger partial charge in [0, 0.05) is 6.08 Å². The zero-order valence-electron chi connectivity index (χ0n) is 3.97. The third kappa shape index (κ3) is 0.657. The molecule has 0 heterocycles. The van der Waals surface area contributed by atoms with Crippen molar-refractivity contribution in [3.63, 3.8) is 0 Å². The molecule has 1 aliphatic carbocycles. The first-order chi connectivity index (χ1) is 3.88. The Morgan fingerprint density at radius 2 is 1.78 bits per heavy atom. The highest BCUT2D eigenvalue weighted by atomic mass is 35.5. The standard InChI is InChI=1S/C4HClF4/c5-3(7)1-2(6)4(3,8)9/h1H. The van der Waals surface area contributed by atoms with Crippen molar-refractivity contribution >= 4 is 11.6 Å². The maximum absolute atomic E-state index is 11.9. The van der Waals surface area contributed by atoms with Crippen LogP contribution in [0.5, 0.6) is 0 Å². The summed E-state index contributed by atoms with van der Waals surface area (Å²) in [6, 6.07) is 0. The fourth-order valence-corrected chi connectivity index (χ4v) is 0.608. The van der Waals surface area contributed by atoms with Gasteiger partial charge in [-0.15, -0.1) is 0 Å². The van der Waals surface area contributed by atoms with E-state index in [0.29, 0.717) is 0 Å². The van der Waals surface area contributed by atoms with E-state index in [1.807, 2.05) is 0 Å². The zero-order valence-corrected chi connectivity index (χ0v) is 4.72. The molecule has 0 fully saturated rings. The van der Waals surface area contributed by atoms with Crippen molar-refractivity contribution in [2.75, 3.05) is 0 Å².